The van der Waals surface area contributed by atoms with E-state index in [0.717, 1.165) is 76.5 Å². The highest BCUT2D eigenvalue weighted by Gasteiger charge is 2.19. The van der Waals surface area contributed by atoms with Gasteiger partial charge in [0.1, 0.15) is 24.7 Å². The van der Waals surface area contributed by atoms with Crippen molar-refractivity contribution in [2.24, 2.45) is 0 Å². The normalized spacial score (nSPS) is 13.0. The molecule has 4 aromatic rings. The Labute approximate surface area is 250 Å². The van der Waals surface area contributed by atoms with Crippen LogP contribution in [0, 0.1) is 0 Å². The molecule has 220 valence electrons. The van der Waals surface area contributed by atoms with Gasteiger partial charge in [-0.15, -0.1) is 0 Å². The van der Waals surface area contributed by atoms with Crippen LogP contribution in [0.3, 0.4) is 0 Å². The second-order valence-electron chi connectivity index (χ2n) is 11.0. The Bertz CT molecular complexity index is 1340. The molecule has 5 heteroatoms. The zero-order valence-corrected chi connectivity index (χ0v) is 25.5. The SMILES string of the molecule is CCCCCCC(O)COc1c2ccccc2c(OCC(O)CCCCCC)c2cc(Sc3ccccc3)ccc12. The molecule has 2 N–H and O–H groups in total. The predicted octanol–water partition coefficient (Wildman–Crippen LogP) is 9.56. The van der Waals surface area contributed by atoms with Gasteiger partial charge < -0.3 is 19.7 Å². The van der Waals surface area contributed by atoms with Gasteiger partial charge in [-0.05, 0) is 43.2 Å². The molecule has 4 nitrogen and oxygen atoms in total. The van der Waals surface area contributed by atoms with Gasteiger partial charge in [-0.2, -0.15) is 0 Å². The van der Waals surface area contributed by atoms with Crippen LogP contribution in [0.5, 0.6) is 11.5 Å². The maximum absolute atomic E-state index is 10.7. The minimum absolute atomic E-state index is 0.248. The van der Waals surface area contributed by atoms with Crippen LogP contribution in [0.15, 0.2) is 82.6 Å². The summed E-state index contributed by atoms with van der Waals surface area (Å²) in [5, 5.41) is 25.2. The average molecular weight is 575 g/mol. The van der Waals surface area contributed by atoms with E-state index >= 15 is 0 Å². The van der Waals surface area contributed by atoms with Gasteiger partial charge >= 0.3 is 0 Å². The molecule has 0 saturated carbocycles. The molecule has 0 aliphatic carbocycles. The van der Waals surface area contributed by atoms with Crippen molar-refractivity contribution in [1.82, 2.24) is 0 Å². The van der Waals surface area contributed by atoms with Gasteiger partial charge in [0.25, 0.3) is 0 Å². The van der Waals surface area contributed by atoms with Crippen molar-refractivity contribution in [1.29, 1.82) is 0 Å². The van der Waals surface area contributed by atoms with Crippen molar-refractivity contribution in [3.8, 4) is 11.5 Å². The summed E-state index contributed by atoms with van der Waals surface area (Å²) in [5.41, 5.74) is 0. The highest BCUT2D eigenvalue weighted by molar-refractivity contribution is 7.99. The molecule has 0 amide bonds. The average Bonchev–Trinajstić information content (AvgIpc) is 2.99. The molecule has 2 unspecified atom stereocenters. The van der Waals surface area contributed by atoms with Crippen molar-refractivity contribution >= 4 is 33.3 Å². The van der Waals surface area contributed by atoms with Crippen LogP contribution in [-0.2, 0) is 0 Å². The second kappa shape index (κ2) is 16.6. The summed E-state index contributed by atoms with van der Waals surface area (Å²) >= 11 is 1.71. The maximum atomic E-state index is 10.7. The molecule has 4 rings (SSSR count). The van der Waals surface area contributed by atoms with E-state index in [9.17, 15) is 10.2 Å². The van der Waals surface area contributed by atoms with Crippen molar-refractivity contribution in [2.75, 3.05) is 13.2 Å². The van der Waals surface area contributed by atoms with Crippen LogP contribution >= 0.6 is 11.8 Å². The first-order valence-corrected chi connectivity index (χ1v) is 16.3. The molecule has 4 aromatic carbocycles. The summed E-state index contributed by atoms with van der Waals surface area (Å²) in [6.45, 7) is 4.89. The Morgan fingerprint density at radius 3 is 1.63 bits per heavy atom. The smallest absolute Gasteiger partial charge is 0.135 e. The van der Waals surface area contributed by atoms with Crippen LogP contribution in [0.1, 0.15) is 78.1 Å². The minimum atomic E-state index is -0.513. The van der Waals surface area contributed by atoms with E-state index in [1.807, 2.05) is 30.3 Å². The molecule has 0 bridgehead atoms. The van der Waals surface area contributed by atoms with Gasteiger partial charge in [-0.1, -0.05) is 119 Å². The fourth-order valence-corrected chi connectivity index (χ4v) is 6.10. The number of rotatable bonds is 18. The monoisotopic (exact) mass is 574 g/mol. The number of fused-ring (bicyclic) bond motifs is 2. The number of unbranched alkanes of at least 4 members (excludes halogenated alkanes) is 6. The number of aliphatic hydroxyl groups excluding tert-OH is 2. The Balaban J connectivity index is 1.66. The summed E-state index contributed by atoms with van der Waals surface area (Å²) in [6.07, 6.45) is 9.49. The van der Waals surface area contributed by atoms with Crippen LogP contribution in [0.25, 0.3) is 21.5 Å². The standard InChI is InChI=1S/C36H46O4S/c1-3-5-7-10-16-27(37)25-39-35-31-20-14-15-21-32(31)36(40-26-28(38)17-11-8-6-4-2)34-24-30(22-23-33(34)35)41-29-18-12-9-13-19-29/h9,12-15,18-24,27-28,37-38H,3-8,10-11,16-17,25-26H2,1-2H3. The lowest BCUT2D eigenvalue weighted by Gasteiger charge is -2.21. The number of hydrogen-bond donors (Lipinski definition) is 2. The highest BCUT2D eigenvalue weighted by atomic mass is 32.2. The van der Waals surface area contributed by atoms with Crippen molar-refractivity contribution in [3.63, 3.8) is 0 Å². The Kier molecular flexibility index (Phi) is 12.7. The van der Waals surface area contributed by atoms with Gasteiger partial charge in [0.05, 0.1) is 12.2 Å². The molecule has 0 aliphatic rings. The molecule has 0 radical (unpaired) electrons. The summed E-state index contributed by atoms with van der Waals surface area (Å²) in [5.74, 6) is 1.54. The van der Waals surface area contributed by atoms with E-state index in [1.165, 1.54) is 30.6 Å². The van der Waals surface area contributed by atoms with E-state index in [0.29, 0.717) is 0 Å². The van der Waals surface area contributed by atoms with Crippen LogP contribution in [0.4, 0.5) is 0 Å². The quantitative estimate of drug-likeness (QED) is 0.0915. The molecule has 0 spiro atoms. The highest BCUT2D eigenvalue weighted by Crippen LogP contribution is 2.44. The first-order valence-electron chi connectivity index (χ1n) is 15.4. The van der Waals surface area contributed by atoms with Crippen LogP contribution in [0.2, 0.25) is 0 Å². The minimum Gasteiger partial charge on any atom is -0.490 e. The van der Waals surface area contributed by atoms with Crippen molar-refractivity contribution in [2.45, 2.75) is 100 Å². The summed E-state index contributed by atoms with van der Waals surface area (Å²) in [7, 11) is 0. The summed E-state index contributed by atoms with van der Waals surface area (Å²) in [6, 6.07) is 24.9. The van der Waals surface area contributed by atoms with E-state index in [-0.39, 0.29) is 13.2 Å². The number of ether oxygens (including phenoxy) is 2. The lowest BCUT2D eigenvalue weighted by atomic mass is 10.0. The van der Waals surface area contributed by atoms with Crippen LogP contribution in [-0.4, -0.2) is 35.6 Å². The van der Waals surface area contributed by atoms with E-state index < -0.39 is 12.2 Å². The third-order valence-electron chi connectivity index (χ3n) is 7.50. The first kappa shape index (κ1) is 31.2. The molecule has 0 aromatic heterocycles. The van der Waals surface area contributed by atoms with Crippen molar-refractivity contribution < 1.29 is 19.7 Å². The Morgan fingerprint density at radius 2 is 1.07 bits per heavy atom. The zero-order chi connectivity index (χ0) is 28.9. The Morgan fingerprint density at radius 1 is 0.561 bits per heavy atom. The van der Waals surface area contributed by atoms with Crippen molar-refractivity contribution in [3.05, 3.63) is 72.8 Å². The van der Waals surface area contributed by atoms with Crippen LogP contribution < -0.4 is 9.47 Å². The summed E-state index contributed by atoms with van der Waals surface area (Å²) < 4.78 is 12.9. The van der Waals surface area contributed by atoms with E-state index in [2.05, 4.69) is 56.3 Å². The largest absolute Gasteiger partial charge is 0.490 e. The lowest BCUT2D eigenvalue weighted by molar-refractivity contribution is 0.0978. The van der Waals surface area contributed by atoms with Gasteiger partial charge in [0.15, 0.2) is 0 Å². The van der Waals surface area contributed by atoms with E-state index in [1.54, 1.807) is 11.8 Å². The topological polar surface area (TPSA) is 58.9 Å². The molecular weight excluding hydrogens is 528 g/mol. The number of hydrogen-bond acceptors (Lipinski definition) is 5. The van der Waals surface area contributed by atoms with Gasteiger partial charge in [0.2, 0.25) is 0 Å². The molecule has 0 aliphatic heterocycles. The summed E-state index contributed by atoms with van der Waals surface area (Å²) in [4.78, 5) is 2.27. The fourth-order valence-electron chi connectivity index (χ4n) is 5.22. The van der Waals surface area contributed by atoms with Gasteiger partial charge in [-0.25, -0.2) is 0 Å². The molecule has 41 heavy (non-hydrogen) atoms. The molecular formula is C36H46O4S. The predicted molar refractivity (Wildman–Crippen MR) is 173 cm³/mol. The number of aliphatic hydroxyl groups is 2. The van der Waals surface area contributed by atoms with E-state index in [4.69, 9.17) is 9.47 Å². The molecule has 0 fully saturated rings. The zero-order valence-electron chi connectivity index (χ0n) is 24.7. The molecule has 0 saturated heterocycles. The number of benzene rings is 4. The Hall–Kier alpha value is -2.73. The van der Waals surface area contributed by atoms with Gasteiger partial charge in [-0.3, -0.25) is 0 Å². The third kappa shape index (κ3) is 9.13. The first-order chi connectivity index (χ1) is 20.1. The third-order valence-corrected chi connectivity index (χ3v) is 8.49. The molecule has 0 heterocycles. The molecule has 2 atom stereocenters. The lowest BCUT2D eigenvalue weighted by Crippen LogP contribution is -2.18. The van der Waals surface area contributed by atoms with Gasteiger partial charge in [0, 0.05) is 31.3 Å². The maximum Gasteiger partial charge on any atom is 0.135 e. The second-order valence-corrected chi connectivity index (χ2v) is 12.1. The fraction of sp³-hybridized carbons (Fsp3) is 0.444.